The second-order valence-electron chi connectivity index (χ2n) is 4.00. The Morgan fingerprint density at radius 1 is 1.11 bits per heavy atom. The summed E-state index contributed by atoms with van der Waals surface area (Å²) in [6.07, 6.45) is 0. The fourth-order valence-corrected chi connectivity index (χ4v) is 2.05. The van der Waals surface area contributed by atoms with Crippen LogP contribution in [0.15, 0.2) is 42.5 Å². The van der Waals surface area contributed by atoms with Crippen molar-refractivity contribution in [1.29, 1.82) is 0 Å². The lowest BCUT2D eigenvalue weighted by Gasteiger charge is -2.13. The average Bonchev–Trinajstić information content (AvgIpc) is 2.38. The van der Waals surface area contributed by atoms with E-state index >= 15 is 0 Å². The Balaban J connectivity index is 2.74. The van der Waals surface area contributed by atoms with E-state index in [1.165, 1.54) is 0 Å². The zero-order chi connectivity index (χ0) is 13.1. The molecule has 0 spiro atoms. The second kappa shape index (κ2) is 4.92. The molecule has 2 aromatic rings. The Bertz CT molecular complexity index is 588. The molecule has 0 atom stereocenters. The molecule has 18 heavy (non-hydrogen) atoms. The topological polar surface area (TPSA) is 46.5 Å². The first-order valence-electron chi connectivity index (χ1n) is 5.61. The zero-order valence-corrected chi connectivity index (χ0v) is 10.3. The number of ether oxygens (including phenoxy) is 1. The molecule has 0 aliphatic heterocycles. The van der Waals surface area contributed by atoms with Crippen LogP contribution in [0.3, 0.4) is 0 Å². The van der Waals surface area contributed by atoms with Crippen LogP contribution in [0.1, 0.15) is 15.9 Å². The van der Waals surface area contributed by atoms with Crippen LogP contribution in [-0.2, 0) is 0 Å². The summed E-state index contributed by atoms with van der Waals surface area (Å²) in [6.45, 7) is 1.90. The molecule has 0 aliphatic carbocycles. The molecule has 92 valence electrons. The smallest absolute Gasteiger partial charge is 0.336 e. The van der Waals surface area contributed by atoms with Crippen LogP contribution < -0.4 is 4.74 Å². The third-order valence-corrected chi connectivity index (χ3v) is 2.88. The first-order chi connectivity index (χ1) is 8.65. The second-order valence-corrected chi connectivity index (χ2v) is 4.00. The number of carbonyl (C=O) groups is 1. The van der Waals surface area contributed by atoms with E-state index in [1.807, 2.05) is 37.3 Å². The third-order valence-electron chi connectivity index (χ3n) is 2.88. The summed E-state index contributed by atoms with van der Waals surface area (Å²) in [5, 5.41) is 9.27. The zero-order valence-electron chi connectivity index (χ0n) is 10.3. The lowest BCUT2D eigenvalue weighted by Crippen LogP contribution is -2.02. The minimum Gasteiger partial charge on any atom is -0.496 e. The Morgan fingerprint density at radius 3 is 2.50 bits per heavy atom. The van der Waals surface area contributed by atoms with Crippen LogP contribution in [0, 0.1) is 6.92 Å². The highest BCUT2D eigenvalue weighted by molar-refractivity contribution is 5.98. The van der Waals surface area contributed by atoms with Gasteiger partial charge in [0.15, 0.2) is 0 Å². The summed E-state index contributed by atoms with van der Waals surface area (Å²) in [5.41, 5.74) is 2.72. The number of hydrogen-bond donors (Lipinski definition) is 1. The molecule has 3 nitrogen and oxygen atoms in total. The number of methoxy groups -OCH3 is 1. The van der Waals surface area contributed by atoms with Gasteiger partial charge >= 0.3 is 5.97 Å². The molecule has 3 heteroatoms. The number of carboxylic acids is 1. The molecule has 2 rings (SSSR count). The van der Waals surface area contributed by atoms with E-state index in [0.29, 0.717) is 16.9 Å². The van der Waals surface area contributed by atoms with Crippen LogP contribution >= 0.6 is 0 Å². The van der Waals surface area contributed by atoms with Gasteiger partial charge in [0, 0.05) is 11.1 Å². The fourth-order valence-electron chi connectivity index (χ4n) is 2.05. The lowest BCUT2D eigenvalue weighted by atomic mass is 9.94. The van der Waals surface area contributed by atoms with Crippen molar-refractivity contribution in [2.24, 2.45) is 0 Å². The standard InChI is InChI=1S/C15H14O3/c1-10-6-5-8-12(15(16)17)14(10)11-7-3-4-9-13(11)18-2/h3-9H,1-2H3,(H,16,17). The van der Waals surface area contributed by atoms with Crippen molar-refractivity contribution in [2.75, 3.05) is 7.11 Å². The SMILES string of the molecule is COc1ccccc1-c1c(C)cccc1C(=O)O. The lowest BCUT2D eigenvalue weighted by molar-refractivity contribution is 0.0697. The molecule has 0 amide bonds. The Kier molecular flexibility index (Phi) is 3.33. The van der Waals surface area contributed by atoms with Crippen LogP contribution in [0.4, 0.5) is 0 Å². The first-order valence-corrected chi connectivity index (χ1v) is 5.61. The maximum atomic E-state index is 11.3. The number of carboxylic acid groups (broad SMARTS) is 1. The van der Waals surface area contributed by atoms with Gasteiger partial charge in [-0.15, -0.1) is 0 Å². The summed E-state index contributed by atoms with van der Waals surface area (Å²) in [5.74, 6) is -0.256. The maximum absolute atomic E-state index is 11.3. The highest BCUT2D eigenvalue weighted by Gasteiger charge is 2.16. The summed E-state index contributed by atoms with van der Waals surface area (Å²) in [4.78, 5) is 11.3. The molecule has 0 aromatic heterocycles. The third kappa shape index (κ3) is 2.07. The van der Waals surface area contributed by atoms with E-state index in [2.05, 4.69) is 0 Å². The maximum Gasteiger partial charge on any atom is 0.336 e. The fraction of sp³-hybridized carbons (Fsp3) is 0.133. The van der Waals surface area contributed by atoms with E-state index in [0.717, 1.165) is 11.1 Å². The highest BCUT2D eigenvalue weighted by atomic mass is 16.5. The van der Waals surface area contributed by atoms with Gasteiger partial charge in [0.05, 0.1) is 12.7 Å². The predicted molar refractivity (Wildman–Crippen MR) is 70.1 cm³/mol. The number of benzene rings is 2. The Hall–Kier alpha value is -2.29. The van der Waals surface area contributed by atoms with Gasteiger partial charge in [-0.05, 0) is 24.6 Å². The number of hydrogen-bond acceptors (Lipinski definition) is 2. The Labute approximate surface area is 106 Å². The summed E-state index contributed by atoms with van der Waals surface area (Å²) >= 11 is 0. The molecule has 0 unspecified atom stereocenters. The highest BCUT2D eigenvalue weighted by Crippen LogP contribution is 2.34. The van der Waals surface area contributed by atoms with Crippen LogP contribution in [-0.4, -0.2) is 18.2 Å². The van der Waals surface area contributed by atoms with Gasteiger partial charge in [0.1, 0.15) is 5.75 Å². The number of aryl methyl sites for hydroxylation is 1. The number of para-hydroxylation sites is 1. The van der Waals surface area contributed by atoms with E-state index in [1.54, 1.807) is 19.2 Å². The molecule has 0 radical (unpaired) electrons. The van der Waals surface area contributed by atoms with Gasteiger partial charge in [-0.3, -0.25) is 0 Å². The van der Waals surface area contributed by atoms with Gasteiger partial charge in [-0.1, -0.05) is 30.3 Å². The molecule has 0 heterocycles. The van der Waals surface area contributed by atoms with Crippen molar-refractivity contribution in [1.82, 2.24) is 0 Å². The van der Waals surface area contributed by atoms with Crippen molar-refractivity contribution in [3.63, 3.8) is 0 Å². The molecule has 0 saturated carbocycles. The normalized spacial score (nSPS) is 10.1. The molecule has 0 saturated heterocycles. The van der Waals surface area contributed by atoms with E-state index in [4.69, 9.17) is 4.74 Å². The Morgan fingerprint density at radius 2 is 1.83 bits per heavy atom. The molecule has 2 aromatic carbocycles. The minimum absolute atomic E-state index is 0.291. The van der Waals surface area contributed by atoms with Crippen molar-refractivity contribution in [3.05, 3.63) is 53.6 Å². The van der Waals surface area contributed by atoms with Crippen molar-refractivity contribution in [2.45, 2.75) is 6.92 Å². The van der Waals surface area contributed by atoms with Crippen LogP contribution in [0.25, 0.3) is 11.1 Å². The molecule has 0 fully saturated rings. The number of rotatable bonds is 3. The average molecular weight is 242 g/mol. The summed E-state index contributed by atoms with van der Waals surface area (Å²) in [7, 11) is 1.58. The number of aromatic carboxylic acids is 1. The van der Waals surface area contributed by atoms with Crippen molar-refractivity contribution in [3.8, 4) is 16.9 Å². The molecule has 0 bridgehead atoms. The van der Waals surface area contributed by atoms with E-state index in [9.17, 15) is 9.90 Å². The van der Waals surface area contributed by atoms with Gasteiger partial charge in [-0.2, -0.15) is 0 Å². The monoisotopic (exact) mass is 242 g/mol. The van der Waals surface area contributed by atoms with Crippen LogP contribution in [0.2, 0.25) is 0 Å². The minimum atomic E-state index is -0.931. The van der Waals surface area contributed by atoms with E-state index < -0.39 is 5.97 Å². The van der Waals surface area contributed by atoms with Crippen molar-refractivity contribution < 1.29 is 14.6 Å². The molecule has 0 aliphatic rings. The van der Waals surface area contributed by atoms with Crippen molar-refractivity contribution >= 4 is 5.97 Å². The summed E-state index contributed by atoms with van der Waals surface area (Å²) < 4.78 is 5.30. The van der Waals surface area contributed by atoms with Gasteiger partial charge in [-0.25, -0.2) is 4.79 Å². The van der Waals surface area contributed by atoms with Crippen LogP contribution in [0.5, 0.6) is 5.75 Å². The molecular formula is C15H14O3. The molecule has 1 N–H and O–H groups in total. The van der Waals surface area contributed by atoms with E-state index in [-0.39, 0.29) is 0 Å². The quantitative estimate of drug-likeness (QED) is 0.897. The predicted octanol–water partition coefficient (Wildman–Crippen LogP) is 3.37. The van der Waals surface area contributed by atoms with Gasteiger partial charge < -0.3 is 9.84 Å². The first kappa shape index (κ1) is 12.2. The summed E-state index contributed by atoms with van der Waals surface area (Å²) in [6, 6.07) is 12.7. The molecular weight excluding hydrogens is 228 g/mol. The van der Waals surface area contributed by atoms with Gasteiger partial charge in [0.25, 0.3) is 0 Å². The largest absolute Gasteiger partial charge is 0.496 e. The van der Waals surface area contributed by atoms with Gasteiger partial charge in [0.2, 0.25) is 0 Å².